The van der Waals surface area contributed by atoms with Crippen molar-refractivity contribution < 1.29 is 14.3 Å². The fourth-order valence-electron chi connectivity index (χ4n) is 3.59. The van der Waals surface area contributed by atoms with E-state index in [0.717, 1.165) is 6.42 Å². The van der Waals surface area contributed by atoms with Crippen LogP contribution in [0.1, 0.15) is 43.7 Å². The quantitative estimate of drug-likeness (QED) is 0.808. The Kier molecular flexibility index (Phi) is 5.40. The minimum absolute atomic E-state index is 0.110. The Bertz CT molecular complexity index is 716. The largest absolute Gasteiger partial charge is 0.459 e. The van der Waals surface area contributed by atoms with Crippen LogP contribution in [0.4, 0.5) is 0 Å². The zero-order valence-electron chi connectivity index (χ0n) is 15.3. The van der Waals surface area contributed by atoms with E-state index >= 15 is 0 Å². The van der Waals surface area contributed by atoms with Crippen LogP contribution in [0.5, 0.6) is 0 Å². The molecule has 0 aliphatic carbocycles. The lowest BCUT2D eigenvalue weighted by Gasteiger charge is -2.24. The number of hydrogen-bond donors (Lipinski definition) is 1. The summed E-state index contributed by atoms with van der Waals surface area (Å²) in [7, 11) is 0. The summed E-state index contributed by atoms with van der Waals surface area (Å²) in [5.41, 5.74) is 1.72. The number of rotatable bonds is 6. The van der Waals surface area contributed by atoms with Crippen LogP contribution in [0, 0.1) is 5.92 Å². The first-order valence-electron chi connectivity index (χ1n) is 9.07. The third-order valence-corrected chi connectivity index (χ3v) is 5.04. The molecule has 0 unspecified atom stereocenters. The highest BCUT2D eigenvalue weighted by Gasteiger charge is 2.45. The Morgan fingerprint density at radius 2 is 1.62 bits per heavy atom. The van der Waals surface area contributed by atoms with E-state index in [4.69, 9.17) is 4.74 Å². The predicted octanol–water partition coefficient (Wildman–Crippen LogP) is 3.67. The molecule has 1 fully saturated rings. The number of benzene rings is 2. The van der Waals surface area contributed by atoms with Crippen LogP contribution in [0.25, 0.3) is 0 Å². The summed E-state index contributed by atoms with van der Waals surface area (Å²) < 4.78 is 5.25. The lowest BCUT2D eigenvalue weighted by Crippen LogP contribution is -2.41. The third kappa shape index (κ3) is 4.13. The van der Waals surface area contributed by atoms with Crippen molar-refractivity contribution in [2.75, 3.05) is 6.54 Å². The van der Waals surface area contributed by atoms with Crippen LogP contribution in [0.3, 0.4) is 0 Å². The lowest BCUT2D eigenvalue weighted by atomic mass is 9.88. The predicted molar refractivity (Wildman–Crippen MR) is 101 cm³/mol. The van der Waals surface area contributed by atoms with Gasteiger partial charge in [0.25, 0.3) is 0 Å². The molecule has 26 heavy (non-hydrogen) atoms. The van der Waals surface area contributed by atoms with Gasteiger partial charge in [0.15, 0.2) is 0 Å². The van der Waals surface area contributed by atoms with E-state index in [0.29, 0.717) is 6.54 Å². The van der Waals surface area contributed by atoms with Gasteiger partial charge >= 0.3 is 5.97 Å². The van der Waals surface area contributed by atoms with E-state index < -0.39 is 11.5 Å². The molecule has 0 bridgehead atoms. The van der Waals surface area contributed by atoms with Gasteiger partial charge in [0, 0.05) is 12.5 Å². The highest BCUT2D eigenvalue weighted by Crippen LogP contribution is 2.32. The molecule has 4 nitrogen and oxygen atoms in total. The van der Waals surface area contributed by atoms with Gasteiger partial charge in [-0.05, 0) is 31.4 Å². The van der Waals surface area contributed by atoms with Crippen molar-refractivity contribution in [2.24, 2.45) is 5.92 Å². The Labute approximate surface area is 154 Å². The molecule has 136 valence electrons. The molecule has 1 atom stereocenters. The normalized spacial score (nSPS) is 18.6. The maximum atomic E-state index is 12.5. The van der Waals surface area contributed by atoms with E-state index in [1.54, 1.807) is 13.8 Å². The number of cyclic esters (lactones) is 1. The van der Waals surface area contributed by atoms with Crippen molar-refractivity contribution >= 4 is 11.9 Å². The molecular formula is C22H25NO3. The van der Waals surface area contributed by atoms with Crippen LogP contribution < -0.4 is 5.32 Å². The molecule has 1 aliphatic heterocycles. The van der Waals surface area contributed by atoms with Gasteiger partial charge in [0.2, 0.25) is 5.91 Å². The second kappa shape index (κ2) is 7.73. The molecule has 3 rings (SSSR count). The highest BCUT2D eigenvalue weighted by atomic mass is 16.6. The lowest BCUT2D eigenvalue weighted by molar-refractivity contribution is -0.147. The number of carbonyl (C=O) groups is 2. The zero-order valence-corrected chi connectivity index (χ0v) is 15.3. The molecule has 2 aromatic carbocycles. The van der Waals surface area contributed by atoms with Crippen LogP contribution in [0.15, 0.2) is 60.7 Å². The second-order valence-electron chi connectivity index (χ2n) is 7.29. The smallest absolute Gasteiger partial charge is 0.307 e. The molecule has 1 saturated heterocycles. The van der Waals surface area contributed by atoms with Gasteiger partial charge < -0.3 is 10.1 Å². The van der Waals surface area contributed by atoms with Crippen LogP contribution in [-0.2, 0) is 14.3 Å². The van der Waals surface area contributed by atoms with Crippen molar-refractivity contribution in [3.63, 3.8) is 0 Å². The number of ether oxygens (including phenoxy) is 1. The minimum atomic E-state index is -0.737. The Morgan fingerprint density at radius 3 is 2.08 bits per heavy atom. The Hall–Kier alpha value is -2.62. The van der Waals surface area contributed by atoms with Crippen molar-refractivity contribution in [2.45, 2.75) is 38.2 Å². The maximum Gasteiger partial charge on any atom is 0.307 e. The second-order valence-corrected chi connectivity index (χ2v) is 7.29. The summed E-state index contributed by atoms with van der Waals surface area (Å²) in [4.78, 5) is 24.0. The van der Waals surface area contributed by atoms with Gasteiger partial charge in [-0.3, -0.25) is 9.59 Å². The summed E-state index contributed by atoms with van der Waals surface area (Å²) in [6.45, 7) is 4.13. The zero-order chi connectivity index (χ0) is 18.6. The van der Waals surface area contributed by atoms with Gasteiger partial charge in [-0.25, -0.2) is 0 Å². The average molecular weight is 351 g/mol. The molecule has 0 radical (unpaired) electrons. The van der Waals surface area contributed by atoms with Crippen molar-refractivity contribution in [1.82, 2.24) is 5.32 Å². The van der Waals surface area contributed by atoms with Gasteiger partial charge in [-0.1, -0.05) is 60.7 Å². The molecule has 0 saturated carbocycles. The van der Waals surface area contributed by atoms with Crippen LogP contribution >= 0.6 is 0 Å². The summed E-state index contributed by atoms with van der Waals surface area (Å²) in [5, 5.41) is 3.00. The SMILES string of the molecule is CC1(C)OC(=O)C[C@H]1C(=O)NCCC(c1ccccc1)c1ccccc1. The maximum absolute atomic E-state index is 12.5. The van der Waals surface area contributed by atoms with Gasteiger partial charge in [0.05, 0.1) is 12.3 Å². The number of hydrogen-bond acceptors (Lipinski definition) is 3. The number of amides is 1. The monoisotopic (exact) mass is 351 g/mol. The molecule has 2 aromatic rings. The Morgan fingerprint density at radius 1 is 1.08 bits per heavy atom. The molecule has 4 heteroatoms. The average Bonchev–Trinajstić information content (AvgIpc) is 2.92. The first kappa shape index (κ1) is 18.2. The summed E-state index contributed by atoms with van der Waals surface area (Å²) in [5.74, 6) is -0.628. The molecular weight excluding hydrogens is 326 g/mol. The number of carbonyl (C=O) groups excluding carboxylic acids is 2. The fraction of sp³-hybridized carbons (Fsp3) is 0.364. The first-order chi connectivity index (χ1) is 12.5. The standard InChI is InChI=1S/C22H25NO3/c1-22(2)19(15-20(24)26-22)21(25)23-14-13-18(16-9-5-3-6-10-16)17-11-7-4-8-12-17/h3-12,18-19H,13-15H2,1-2H3,(H,23,25)/t19-/m0/s1. The number of esters is 1. The van der Waals surface area contributed by atoms with E-state index in [-0.39, 0.29) is 24.2 Å². The van der Waals surface area contributed by atoms with E-state index in [9.17, 15) is 9.59 Å². The minimum Gasteiger partial charge on any atom is -0.459 e. The molecule has 1 aliphatic rings. The molecule has 1 amide bonds. The summed E-state index contributed by atoms with van der Waals surface area (Å²) >= 11 is 0. The fourth-order valence-corrected chi connectivity index (χ4v) is 3.59. The highest BCUT2D eigenvalue weighted by molar-refractivity contribution is 5.87. The topological polar surface area (TPSA) is 55.4 Å². The summed E-state index contributed by atoms with van der Waals surface area (Å²) in [6.07, 6.45) is 0.946. The Balaban J connectivity index is 1.66. The van der Waals surface area contributed by atoms with Gasteiger partial charge in [0.1, 0.15) is 5.60 Å². The molecule has 0 aromatic heterocycles. The first-order valence-corrected chi connectivity index (χ1v) is 9.07. The van der Waals surface area contributed by atoms with Gasteiger partial charge in [-0.2, -0.15) is 0 Å². The van der Waals surface area contributed by atoms with Crippen molar-refractivity contribution in [1.29, 1.82) is 0 Å². The molecule has 1 N–H and O–H groups in total. The van der Waals surface area contributed by atoms with Crippen LogP contribution in [0.2, 0.25) is 0 Å². The third-order valence-electron chi connectivity index (χ3n) is 5.04. The van der Waals surface area contributed by atoms with Crippen molar-refractivity contribution in [3.8, 4) is 0 Å². The van der Waals surface area contributed by atoms with Crippen LogP contribution in [-0.4, -0.2) is 24.0 Å². The van der Waals surface area contributed by atoms with E-state index in [2.05, 4.69) is 29.6 Å². The number of nitrogens with one attached hydrogen (secondary N) is 1. The molecule has 1 heterocycles. The van der Waals surface area contributed by atoms with Crippen molar-refractivity contribution in [3.05, 3.63) is 71.8 Å². The van der Waals surface area contributed by atoms with Gasteiger partial charge in [-0.15, -0.1) is 0 Å². The summed E-state index contributed by atoms with van der Waals surface area (Å²) in [6, 6.07) is 20.6. The van der Waals surface area contributed by atoms with E-state index in [1.807, 2.05) is 36.4 Å². The molecule has 0 spiro atoms. The van der Waals surface area contributed by atoms with E-state index in [1.165, 1.54) is 11.1 Å².